The third-order valence-electron chi connectivity index (χ3n) is 2.83. The highest BCUT2D eigenvalue weighted by molar-refractivity contribution is 6.22. The number of aryl methyl sites for hydroxylation is 2. The van der Waals surface area contributed by atoms with Gasteiger partial charge in [-0.1, -0.05) is 54.1 Å². The van der Waals surface area contributed by atoms with Gasteiger partial charge in [0, 0.05) is 0 Å². The minimum Gasteiger partial charge on any atom is -0.113 e. The van der Waals surface area contributed by atoms with Crippen molar-refractivity contribution in [1.82, 2.24) is 0 Å². The summed E-state index contributed by atoms with van der Waals surface area (Å²) >= 11 is 6.49. The van der Waals surface area contributed by atoms with Crippen molar-refractivity contribution in [2.45, 2.75) is 19.2 Å². The molecule has 2 aromatic carbocycles. The van der Waals surface area contributed by atoms with Gasteiger partial charge in [-0.3, -0.25) is 0 Å². The monoisotopic (exact) mass is 230 g/mol. The van der Waals surface area contributed by atoms with Crippen LogP contribution in [0.5, 0.6) is 0 Å². The quantitative estimate of drug-likeness (QED) is 0.660. The average molecular weight is 231 g/mol. The van der Waals surface area contributed by atoms with Gasteiger partial charge in [0.1, 0.15) is 0 Å². The van der Waals surface area contributed by atoms with E-state index in [1.54, 1.807) is 0 Å². The number of benzene rings is 2. The summed E-state index contributed by atoms with van der Waals surface area (Å²) in [6, 6.07) is 16.7. The Kier molecular flexibility index (Phi) is 3.31. The molecular weight excluding hydrogens is 216 g/mol. The third-order valence-corrected chi connectivity index (χ3v) is 3.32. The van der Waals surface area contributed by atoms with Crippen LogP contribution in [0.1, 0.15) is 27.6 Å². The topological polar surface area (TPSA) is 0 Å². The number of hydrogen-bond donors (Lipinski definition) is 0. The van der Waals surface area contributed by atoms with Gasteiger partial charge in [-0.05, 0) is 30.5 Å². The lowest BCUT2D eigenvalue weighted by molar-refractivity contribution is 1.11. The fraction of sp³-hybridized carbons (Fsp3) is 0.200. The van der Waals surface area contributed by atoms with Crippen molar-refractivity contribution in [3.63, 3.8) is 0 Å². The zero-order chi connectivity index (χ0) is 11.5. The Hall–Kier alpha value is -1.27. The maximum absolute atomic E-state index is 6.49. The zero-order valence-electron chi connectivity index (χ0n) is 9.57. The van der Waals surface area contributed by atoms with Gasteiger partial charge in [0.15, 0.2) is 0 Å². The van der Waals surface area contributed by atoms with E-state index in [2.05, 4.69) is 50.2 Å². The van der Waals surface area contributed by atoms with E-state index >= 15 is 0 Å². The first-order valence-corrected chi connectivity index (χ1v) is 5.88. The number of alkyl halides is 1. The Labute approximate surface area is 102 Å². The van der Waals surface area contributed by atoms with Crippen molar-refractivity contribution >= 4 is 11.6 Å². The maximum Gasteiger partial charge on any atom is 0.0838 e. The second-order valence-electron chi connectivity index (χ2n) is 4.13. The van der Waals surface area contributed by atoms with Crippen LogP contribution < -0.4 is 0 Å². The molecule has 0 N–H and O–H groups in total. The number of rotatable bonds is 2. The molecule has 1 heteroatoms. The predicted octanol–water partition coefficient (Wildman–Crippen LogP) is 4.63. The molecule has 0 heterocycles. The van der Waals surface area contributed by atoms with E-state index in [0.29, 0.717) is 0 Å². The molecule has 1 atom stereocenters. The Morgan fingerprint density at radius 2 is 1.50 bits per heavy atom. The van der Waals surface area contributed by atoms with E-state index < -0.39 is 0 Å². The van der Waals surface area contributed by atoms with Gasteiger partial charge in [-0.15, -0.1) is 11.6 Å². The number of hydrogen-bond acceptors (Lipinski definition) is 0. The van der Waals surface area contributed by atoms with E-state index in [4.69, 9.17) is 11.6 Å². The molecule has 0 aromatic heterocycles. The van der Waals surface area contributed by atoms with Crippen LogP contribution >= 0.6 is 11.6 Å². The zero-order valence-corrected chi connectivity index (χ0v) is 10.3. The molecule has 0 unspecified atom stereocenters. The molecule has 0 fully saturated rings. The average Bonchev–Trinajstić information content (AvgIpc) is 2.30. The highest BCUT2D eigenvalue weighted by Gasteiger charge is 2.11. The lowest BCUT2D eigenvalue weighted by Gasteiger charge is -2.13. The van der Waals surface area contributed by atoms with Crippen LogP contribution in [0.3, 0.4) is 0 Å². The molecule has 0 aliphatic rings. The molecule has 0 amide bonds. The van der Waals surface area contributed by atoms with Crippen molar-refractivity contribution in [1.29, 1.82) is 0 Å². The normalized spacial score (nSPS) is 12.4. The van der Waals surface area contributed by atoms with Gasteiger partial charge in [-0.2, -0.15) is 0 Å². The molecule has 0 saturated carbocycles. The van der Waals surface area contributed by atoms with Gasteiger partial charge >= 0.3 is 0 Å². The second kappa shape index (κ2) is 4.71. The molecule has 0 nitrogen and oxygen atoms in total. The summed E-state index contributed by atoms with van der Waals surface area (Å²) in [6.07, 6.45) is 0. The van der Waals surface area contributed by atoms with Gasteiger partial charge in [0.25, 0.3) is 0 Å². The molecule has 0 aliphatic carbocycles. The minimum absolute atomic E-state index is 0.0539. The van der Waals surface area contributed by atoms with Crippen molar-refractivity contribution < 1.29 is 0 Å². The summed E-state index contributed by atoms with van der Waals surface area (Å²) in [6.45, 7) is 4.18. The van der Waals surface area contributed by atoms with E-state index in [1.807, 2.05) is 12.1 Å². The largest absolute Gasteiger partial charge is 0.113 e. The van der Waals surface area contributed by atoms with Crippen LogP contribution in [-0.2, 0) is 0 Å². The molecule has 82 valence electrons. The fourth-order valence-corrected chi connectivity index (χ4v) is 2.18. The van der Waals surface area contributed by atoms with Crippen LogP contribution in [-0.4, -0.2) is 0 Å². The smallest absolute Gasteiger partial charge is 0.0838 e. The van der Waals surface area contributed by atoms with E-state index in [9.17, 15) is 0 Å². The highest BCUT2D eigenvalue weighted by Crippen LogP contribution is 2.30. The summed E-state index contributed by atoms with van der Waals surface area (Å²) in [4.78, 5) is 0. The van der Waals surface area contributed by atoms with Crippen LogP contribution in [0.25, 0.3) is 0 Å². The van der Waals surface area contributed by atoms with Crippen LogP contribution in [0.15, 0.2) is 48.5 Å². The first-order valence-electron chi connectivity index (χ1n) is 5.44. The van der Waals surface area contributed by atoms with Crippen LogP contribution in [0, 0.1) is 13.8 Å². The Morgan fingerprint density at radius 1 is 0.875 bits per heavy atom. The summed E-state index contributed by atoms with van der Waals surface area (Å²) in [5.74, 6) is 0. The lowest BCUT2D eigenvalue weighted by atomic mass is 9.99. The maximum atomic E-state index is 6.49. The van der Waals surface area contributed by atoms with Gasteiger partial charge in [0.2, 0.25) is 0 Å². The molecule has 16 heavy (non-hydrogen) atoms. The van der Waals surface area contributed by atoms with E-state index in [-0.39, 0.29) is 5.38 Å². The van der Waals surface area contributed by atoms with Gasteiger partial charge in [0.05, 0.1) is 5.38 Å². The minimum atomic E-state index is -0.0539. The molecule has 0 bridgehead atoms. The molecule has 2 rings (SSSR count). The summed E-state index contributed by atoms with van der Waals surface area (Å²) in [5, 5.41) is -0.0539. The van der Waals surface area contributed by atoms with Crippen molar-refractivity contribution in [3.05, 3.63) is 70.8 Å². The van der Waals surface area contributed by atoms with Gasteiger partial charge < -0.3 is 0 Å². The van der Waals surface area contributed by atoms with Crippen molar-refractivity contribution in [2.75, 3.05) is 0 Å². The molecule has 2 aromatic rings. The molecule has 0 saturated heterocycles. The standard InChI is InChI=1S/C15H15Cl/c1-11-7-9-13(10-8-11)15(16)14-6-4-3-5-12(14)2/h3-10,15H,1-2H3/t15-/m1/s1. The molecule has 0 radical (unpaired) electrons. The number of halogens is 1. The van der Waals surface area contributed by atoms with Crippen molar-refractivity contribution in [3.8, 4) is 0 Å². The van der Waals surface area contributed by atoms with Crippen LogP contribution in [0.2, 0.25) is 0 Å². The molecule has 0 spiro atoms. The summed E-state index contributed by atoms with van der Waals surface area (Å²) in [7, 11) is 0. The summed E-state index contributed by atoms with van der Waals surface area (Å²) < 4.78 is 0. The lowest BCUT2D eigenvalue weighted by Crippen LogP contribution is -1.95. The fourth-order valence-electron chi connectivity index (χ4n) is 1.79. The van der Waals surface area contributed by atoms with Crippen molar-refractivity contribution in [2.24, 2.45) is 0 Å². The first kappa shape index (κ1) is 11.2. The van der Waals surface area contributed by atoms with Gasteiger partial charge in [-0.25, -0.2) is 0 Å². The van der Waals surface area contributed by atoms with E-state index in [0.717, 1.165) is 5.56 Å². The SMILES string of the molecule is Cc1ccc([C@@H](Cl)c2ccccc2C)cc1. The molecule has 0 aliphatic heterocycles. The van der Waals surface area contributed by atoms with E-state index in [1.165, 1.54) is 16.7 Å². The Balaban J connectivity index is 2.35. The first-order chi connectivity index (χ1) is 7.68. The Bertz CT molecular complexity index is 471. The Morgan fingerprint density at radius 3 is 2.12 bits per heavy atom. The third kappa shape index (κ3) is 2.28. The molecular formula is C15H15Cl. The second-order valence-corrected chi connectivity index (χ2v) is 4.57. The highest BCUT2D eigenvalue weighted by atomic mass is 35.5. The summed E-state index contributed by atoms with van der Waals surface area (Å²) in [5.41, 5.74) is 4.84. The predicted molar refractivity (Wildman–Crippen MR) is 70.1 cm³/mol. The van der Waals surface area contributed by atoms with Crippen LogP contribution in [0.4, 0.5) is 0 Å².